The highest BCUT2D eigenvalue weighted by atomic mass is 16.5. The van der Waals surface area contributed by atoms with Crippen molar-refractivity contribution in [1.29, 1.82) is 0 Å². The molecule has 19 heavy (non-hydrogen) atoms. The van der Waals surface area contributed by atoms with Gasteiger partial charge in [-0.2, -0.15) is 0 Å². The average molecular weight is 256 g/mol. The highest BCUT2D eigenvalue weighted by Gasteiger charge is 2.14. The number of para-hydroxylation sites is 1. The van der Waals surface area contributed by atoms with E-state index in [1.165, 1.54) is 0 Å². The molecule has 1 amide bonds. The van der Waals surface area contributed by atoms with E-state index in [-0.39, 0.29) is 5.91 Å². The quantitative estimate of drug-likeness (QED) is 0.843. The van der Waals surface area contributed by atoms with Gasteiger partial charge in [-0.25, -0.2) is 0 Å². The number of hydrogen-bond acceptors (Lipinski definition) is 3. The Morgan fingerprint density at radius 3 is 2.63 bits per heavy atom. The fraction of sp³-hybridized carbons (Fsp3) is 0.200. The van der Waals surface area contributed by atoms with Crippen molar-refractivity contribution in [2.45, 2.75) is 6.54 Å². The van der Waals surface area contributed by atoms with Crippen LogP contribution in [0.2, 0.25) is 0 Å². The molecular formula is C15H16N2O2. The molecule has 0 radical (unpaired) electrons. The molecule has 0 aliphatic carbocycles. The Labute approximate surface area is 112 Å². The van der Waals surface area contributed by atoms with Crippen LogP contribution in [0.15, 0.2) is 48.7 Å². The number of carbonyl (C=O) groups is 1. The number of aromatic nitrogens is 1. The van der Waals surface area contributed by atoms with Gasteiger partial charge in [0.15, 0.2) is 0 Å². The summed E-state index contributed by atoms with van der Waals surface area (Å²) >= 11 is 0. The van der Waals surface area contributed by atoms with Crippen LogP contribution in [-0.2, 0) is 6.54 Å². The first-order chi connectivity index (χ1) is 9.22. The molecule has 98 valence electrons. The zero-order valence-electron chi connectivity index (χ0n) is 11.0. The molecule has 0 aliphatic heterocycles. The number of ether oxygens (including phenoxy) is 1. The molecule has 1 aromatic heterocycles. The summed E-state index contributed by atoms with van der Waals surface area (Å²) < 4.78 is 5.28. The smallest absolute Gasteiger partial charge is 0.272 e. The minimum Gasteiger partial charge on any atom is -0.496 e. The molecular weight excluding hydrogens is 240 g/mol. The summed E-state index contributed by atoms with van der Waals surface area (Å²) in [5, 5.41) is 0. The summed E-state index contributed by atoms with van der Waals surface area (Å²) in [4.78, 5) is 17.9. The minimum atomic E-state index is -0.105. The summed E-state index contributed by atoms with van der Waals surface area (Å²) in [5.41, 5.74) is 1.41. The first-order valence-corrected chi connectivity index (χ1v) is 6.00. The molecule has 0 saturated carbocycles. The van der Waals surface area contributed by atoms with Gasteiger partial charge in [0.05, 0.1) is 7.11 Å². The van der Waals surface area contributed by atoms with E-state index in [1.54, 1.807) is 43.5 Å². The monoisotopic (exact) mass is 256 g/mol. The van der Waals surface area contributed by atoms with E-state index >= 15 is 0 Å². The highest BCUT2D eigenvalue weighted by Crippen LogP contribution is 2.19. The molecule has 0 saturated heterocycles. The van der Waals surface area contributed by atoms with E-state index in [4.69, 9.17) is 4.74 Å². The number of benzene rings is 1. The number of hydrogen-bond donors (Lipinski definition) is 0. The molecule has 0 N–H and O–H groups in total. The Morgan fingerprint density at radius 1 is 1.21 bits per heavy atom. The van der Waals surface area contributed by atoms with Crippen LogP contribution in [0, 0.1) is 0 Å². The van der Waals surface area contributed by atoms with Crippen molar-refractivity contribution in [1.82, 2.24) is 9.88 Å². The van der Waals surface area contributed by atoms with E-state index < -0.39 is 0 Å². The Bertz CT molecular complexity index is 555. The lowest BCUT2D eigenvalue weighted by Crippen LogP contribution is -2.27. The fourth-order valence-corrected chi connectivity index (χ4v) is 1.85. The lowest BCUT2D eigenvalue weighted by Gasteiger charge is -2.18. The first-order valence-electron chi connectivity index (χ1n) is 6.00. The van der Waals surface area contributed by atoms with Gasteiger partial charge in [-0.1, -0.05) is 24.3 Å². The first kappa shape index (κ1) is 13.1. The van der Waals surface area contributed by atoms with E-state index in [0.29, 0.717) is 12.2 Å². The van der Waals surface area contributed by atoms with Crippen molar-refractivity contribution < 1.29 is 9.53 Å². The largest absolute Gasteiger partial charge is 0.496 e. The maximum absolute atomic E-state index is 12.2. The maximum atomic E-state index is 12.2. The van der Waals surface area contributed by atoms with Gasteiger partial charge in [0, 0.05) is 25.4 Å². The van der Waals surface area contributed by atoms with Crippen LogP contribution >= 0.6 is 0 Å². The topological polar surface area (TPSA) is 42.4 Å². The Kier molecular flexibility index (Phi) is 4.13. The SMILES string of the molecule is COc1ccccc1CN(C)C(=O)c1ccccn1. The molecule has 0 unspecified atom stereocenters. The predicted octanol–water partition coefficient (Wildman–Crippen LogP) is 2.36. The second-order valence-corrected chi connectivity index (χ2v) is 4.19. The summed E-state index contributed by atoms with van der Waals surface area (Å²) in [6.45, 7) is 0.486. The summed E-state index contributed by atoms with van der Waals surface area (Å²) in [7, 11) is 3.38. The fourth-order valence-electron chi connectivity index (χ4n) is 1.85. The van der Waals surface area contributed by atoms with Gasteiger partial charge in [-0.3, -0.25) is 9.78 Å². The molecule has 1 heterocycles. The number of nitrogens with zero attached hydrogens (tertiary/aromatic N) is 2. The molecule has 0 bridgehead atoms. The van der Waals surface area contributed by atoms with Gasteiger partial charge in [0.25, 0.3) is 5.91 Å². The third-order valence-corrected chi connectivity index (χ3v) is 2.83. The number of carbonyl (C=O) groups excluding carboxylic acids is 1. The Morgan fingerprint density at radius 2 is 1.95 bits per heavy atom. The lowest BCUT2D eigenvalue weighted by atomic mass is 10.2. The van der Waals surface area contributed by atoms with Gasteiger partial charge in [-0.15, -0.1) is 0 Å². The van der Waals surface area contributed by atoms with E-state index in [1.807, 2.05) is 24.3 Å². The molecule has 4 nitrogen and oxygen atoms in total. The van der Waals surface area contributed by atoms with Crippen molar-refractivity contribution in [2.75, 3.05) is 14.2 Å². The standard InChI is InChI=1S/C15H16N2O2/c1-17(15(18)13-8-5-6-10-16-13)11-12-7-3-4-9-14(12)19-2/h3-10H,11H2,1-2H3. The van der Waals surface area contributed by atoms with Gasteiger partial charge in [0.1, 0.15) is 11.4 Å². The Hall–Kier alpha value is -2.36. The highest BCUT2D eigenvalue weighted by molar-refractivity contribution is 5.92. The summed E-state index contributed by atoms with van der Waals surface area (Å²) in [5.74, 6) is 0.676. The molecule has 0 fully saturated rings. The van der Waals surface area contributed by atoms with E-state index in [9.17, 15) is 4.79 Å². The molecule has 0 aliphatic rings. The number of rotatable bonds is 4. The lowest BCUT2D eigenvalue weighted by molar-refractivity contribution is 0.0778. The van der Waals surface area contributed by atoms with Crippen LogP contribution in [0.25, 0.3) is 0 Å². The average Bonchev–Trinajstić information content (AvgIpc) is 2.48. The van der Waals surface area contributed by atoms with Crippen LogP contribution in [0.1, 0.15) is 16.1 Å². The van der Waals surface area contributed by atoms with Crippen molar-refractivity contribution in [2.24, 2.45) is 0 Å². The molecule has 0 spiro atoms. The van der Waals surface area contributed by atoms with E-state index in [2.05, 4.69) is 4.98 Å². The van der Waals surface area contributed by atoms with Crippen LogP contribution in [-0.4, -0.2) is 29.9 Å². The second-order valence-electron chi connectivity index (χ2n) is 4.19. The molecule has 2 aromatic rings. The van der Waals surface area contributed by atoms with Crippen LogP contribution in [0.5, 0.6) is 5.75 Å². The van der Waals surface area contributed by atoms with Crippen molar-refractivity contribution >= 4 is 5.91 Å². The molecule has 0 atom stereocenters. The number of pyridine rings is 1. The van der Waals surface area contributed by atoms with Gasteiger partial charge in [0.2, 0.25) is 0 Å². The molecule has 1 aromatic carbocycles. The zero-order chi connectivity index (χ0) is 13.7. The second kappa shape index (κ2) is 6.00. The van der Waals surface area contributed by atoms with Crippen LogP contribution in [0.4, 0.5) is 0 Å². The molecule has 2 rings (SSSR count). The normalized spacial score (nSPS) is 10.0. The van der Waals surface area contributed by atoms with Gasteiger partial charge in [-0.05, 0) is 18.2 Å². The van der Waals surface area contributed by atoms with Gasteiger partial charge >= 0.3 is 0 Å². The zero-order valence-corrected chi connectivity index (χ0v) is 11.0. The third-order valence-electron chi connectivity index (χ3n) is 2.83. The van der Waals surface area contributed by atoms with Crippen molar-refractivity contribution in [3.05, 3.63) is 59.9 Å². The summed E-state index contributed by atoms with van der Waals surface area (Å²) in [6, 6.07) is 13.0. The third kappa shape index (κ3) is 3.10. The van der Waals surface area contributed by atoms with Gasteiger partial charge < -0.3 is 9.64 Å². The predicted molar refractivity (Wildman–Crippen MR) is 73.0 cm³/mol. The van der Waals surface area contributed by atoms with Crippen molar-refractivity contribution in [3.63, 3.8) is 0 Å². The van der Waals surface area contributed by atoms with Crippen molar-refractivity contribution in [3.8, 4) is 5.75 Å². The minimum absolute atomic E-state index is 0.105. The number of amides is 1. The summed E-state index contributed by atoms with van der Waals surface area (Å²) in [6.07, 6.45) is 1.62. The van der Waals surface area contributed by atoms with Crippen LogP contribution in [0.3, 0.4) is 0 Å². The van der Waals surface area contributed by atoms with Crippen LogP contribution < -0.4 is 4.74 Å². The number of methoxy groups -OCH3 is 1. The Balaban J connectivity index is 2.13. The molecule has 4 heteroatoms. The maximum Gasteiger partial charge on any atom is 0.272 e. The van der Waals surface area contributed by atoms with E-state index in [0.717, 1.165) is 11.3 Å².